The van der Waals surface area contributed by atoms with E-state index in [9.17, 15) is 4.79 Å². The number of hydrogen-bond acceptors (Lipinski definition) is 9. The van der Waals surface area contributed by atoms with Gasteiger partial charge in [0.05, 0.1) is 27.4 Å². The maximum Gasteiger partial charge on any atom is 0.360 e. The van der Waals surface area contributed by atoms with Crippen LogP contribution in [0.15, 0.2) is 30.4 Å². The predicted octanol–water partition coefficient (Wildman–Crippen LogP) is 2.46. The van der Waals surface area contributed by atoms with Crippen LogP contribution in [-0.2, 0) is 4.74 Å². The first kappa shape index (κ1) is 19.0. The van der Waals surface area contributed by atoms with Crippen LogP contribution in [0.5, 0.6) is 23.5 Å². The Bertz CT molecular complexity index is 772. The van der Waals surface area contributed by atoms with E-state index in [1.165, 1.54) is 27.4 Å². The molecule has 0 atom stereocenters. The van der Waals surface area contributed by atoms with Gasteiger partial charge in [0.2, 0.25) is 11.8 Å². The smallest absolute Gasteiger partial charge is 0.360 e. The molecule has 0 spiro atoms. The Morgan fingerprint density at radius 1 is 1.12 bits per heavy atom. The number of hydrogen-bond donors (Lipinski definition) is 1. The van der Waals surface area contributed by atoms with Gasteiger partial charge in [-0.15, -0.1) is 0 Å². The van der Waals surface area contributed by atoms with E-state index in [0.717, 1.165) is 0 Å². The summed E-state index contributed by atoms with van der Waals surface area (Å²) in [4.78, 5) is 24.4. The SMILES string of the molecule is CC=CCNc1ccc(Oc2nc(OC)cc(OC)n2)c(C(=O)OC)n1. The van der Waals surface area contributed by atoms with E-state index in [2.05, 4.69) is 20.3 Å². The largest absolute Gasteiger partial charge is 0.481 e. The molecule has 0 fully saturated rings. The quantitative estimate of drug-likeness (QED) is 0.561. The fourth-order valence-electron chi connectivity index (χ4n) is 1.89. The zero-order valence-electron chi connectivity index (χ0n) is 15.0. The first-order valence-electron chi connectivity index (χ1n) is 7.70. The molecule has 0 amide bonds. The highest BCUT2D eigenvalue weighted by Gasteiger charge is 2.18. The fraction of sp³-hybridized carbons (Fsp3) is 0.294. The van der Waals surface area contributed by atoms with E-state index in [1.807, 2.05) is 19.1 Å². The second-order valence-electron chi connectivity index (χ2n) is 4.82. The summed E-state index contributed by atoms with van der Waals surface area (Å²) in [6, 6.07) is 4.69. The summed E-state index contributed by atoms with van der Waals surface area (Å²) >= 11 is 0. The summed E-state index contributed by atoms with van der Waals surface area (Å²) in [6.07, 6.45) is 3.82. The number of rotatable bonds is 8. The number of pyridine rings is 1. The number of carbonyl (C=O) groups excluding carboxylic acids is 1. The lowest BCUT2D eigenvalue weighted by Crippen LogP contribution is -2.10. The standard InChI is InChI=1S/C17H20N4O5/c1-5-6-9-18-12-8-7-11(15(19-12)16(22)25-4)26-17-20-13(23-2)10-14(21-17)24-3/h5-8,10H,9H2,1-4H3,(H,18,19). The van der Waals surface area contributed by atoms with Crippen LogP contribution in [-0.4, -0.2) is 48.8 Å². The van der Waals surface area contributed by atoms with Crippen LogP contribution < -0.4 is 19.5 Å². The number of methoxy groups -OCH3 is 3. The number of aromatic nitrogens is 3. The predicted molar refractivity (Wildman–Crippen MR) is 94.1 cm³/mol. The van der Waals surface area contributed by atoms with Crippen molar-refractivity contribution in [1.82, 2.24) is 15.0 Å². The second kappa shape index (κ2) is 9.21. The molecule has 2 aromatic heterocycles. The molecule has 0 saturated heterocycles. The molecule has 0 unspecified atom stereocenters. The topological polar surface area (TPSA) is 105 Å². The number of carbonyl (C=O) groups is 1. The Morgan fingerprint density at radius 3 is 2.38 bits per heavy atom. The Labute approximate surface area is 151 Å². The van der Waals surface area contributed by atoms with Crippen molar-refractivity contribution in [1.29, 1.82) is 0 Å². The van der Waals surface area contributed by atoms with Crippen LogP contribution >= 0.6 is 0 Å². The maximum absolute atomic E-state index is 12.1. The molecule has 2 rings (SSSR count). The van der Waals surface area contributed by atoms with Crippen molar-refractivity contribution in [3.05, 3.63) is 36.0 Å². The third-order valence-corrected chi connectivity index (χ3v) is 3.15. The van der Waals surface area contributed by atoms with Gasteiger partial charge in [0.15, 0.2) is 11.4 Å². The Morgan fingerprint density at radius 2 is 1.81 bits per heavy atom. The highest BCUT2D eigenvalue weighted by Crippen LogP contribution is 2.27. The van der Waals surface area contributed by atoms with Gasteiger partial charge in [-0.2, -0.15) is 9.97 Å². The minimum absolute atomic E-state index is 0.0108. The van der Waals surface area contributed by atoms with Crippen LogP contribution in [0.3, 0.4) is 0 Å². The molecule has 0 aliphatic rings. The minimum Gasteiger partial charge on any atom is -0.481 e. The molecule has 26 heavy (non-hydrogen) atoms. The maximum atomic E-state index is 12.1. The van der Waals surface area contributed by atoms with Gasteiger partial charge in [-0.3, -0.25) is 0 Å². The first-order valence-corrected chi connectivity index (χ1v) is 7.70. The van der Waals surface area contributed by atoms with E-state index in [-0.39, 0.29) is 29.2 Å². The lowest BCUT2D eigenvalue weighted by molar-refractivity contribution is 0.0591. The van der Waals surface area contributed by atoms with Crippen molar-refractivity contribution in [2.45, 2.75) is 6.92 Å². The molecule has 9 nitrogen and oxygen atoms in total. The fourth-order valence-corrected chi connectivity index (χ4v) is 1.89. The highest BCUT2D eigenvalue weighted by molar-refractivity contribution is 5.90. The molecule has 0 aromatic carbocycles. The third kappa shape index (κ3) is 4.82. The normalized spacial score (nSPS) is 10.5. The van der Waals surface area contributed by atoms with E-state index in [1.54, 1.807) is 12.1 Å². The summed E-state index contributed by atoms with van der Waals surface area (Å²) in [7, 11) is 4.18. The molecule has 9 heteroatoms. The average molecular weight is 360 g/mol. The van der Waals surface area contributed by atoms with Gasteiger partial charge in [-0.05, 0) is 19.1 Å². The van der Waals surface area contributed by atoms with E-state index < -0.39 is 5.97 Å². The Balaban J connectivity index is 2.34. The first-order chi connectivity index (χ1) is 12.6. The van der Waals surface area contributed by atoms with Crippen LogP contribution in [0.1, 0.15) is 17.4 Å². The van der Waals surface area contributed by atoms with Crippen LogP contribution in [0.2, 0.25) is 0 Å². The average Bonchev–Trinajstić information content (AvgIpc) is 2.68. The Kier molecular flexibility index (Phi) is 6.72. The molecular weight excluding hydrogens is 340 g/mol. The van der Waals surface area contributed by atoms with Gasteiger partial charge in [0, 0.05) is 6.54 Å². The molecule has 2 heterocycles. The minimum atomic E-state index is -0.649. The van der Waals surface area contributed by atoms with Crippen LogP contribution in [0.4, 0.5) is 5.82 Å². The summed E-state index contributed by atoms with van der Waals surface area (Å²) in [5.74, 6) is 0.501. The van der Waals surface area contributed by atoms with Crippen molar-refractivity contribution in [2.75, 3.05) is 33.2 Å². The van der Waals surface area contributed by atoms with E-state index in [0.29, 0.717) is 12.4 Å². The van der Waals surface area contributed by atoms with Crippen molar-refractivity contribution in [3.63, 3.8) is 0 Å². The molecule has 0 aliphatic heterocycles. The van der Waals surface area contributed by atoms with Crippen LogP contribution in [0, 0.1) is 0 Å². The van der Waals surface area contributed by atoms with E-state index in [4.69, 9.17) is 18.9 Å². The number of esters is 1. The summed E-state index contributed by atoms with van der Waals surface area (Å²) in [5.41, 5.74) is -0.0108. The molecule has 2 aromatic rings. The van der Waals surface area contributed by atoms with Crippen molar-refractivity contribution < 1.29 is 23.7 Å². The summed E-state index contributed by atoms with van der Waals surface area (Å²) < 4.78 is 20.5. The van der Waals surface area contributed by atoms with Gasteiger partial charge >= 0.3 is 12.0 Å². The highest BCUT2D eigenvalue weighted by atomic mass is 16.5. The molecule has 1 N–H and O–H groups in total. The van der Waals surface area contributed by atoms with Crippen LogP contribution in [0.25, 0.3) is 0 Å². The monoisotopic (exact) mass is 360 g/mol. The van der Waals surface area contributed by atoms with Gasteiger partial charge in [-0.1, -0.05) is 12.2 Å². The van der Waals surface area contributed by atoms with Crippen molar-refractivity contribution in [2.24, 2.45) is 0 Å². The lowest BCUT2D eigenvalue weighted by atomic mass is 10.3. The summed E-state index contributed by atoms with van der Waals surface area (Å²) in [5, 5.41) is 3.06. The Hall–Kier alpha value is -3.36. The number of anilines is 1. The third-order valence-electron chi connectivity index (χ3n) is 3.15. The van der Waals surface area contributed by atoms with Gasteiger partial charge in [0.25, 0.3) is 0 Å². The van der Waals surface area contributed by atoms with Gasteiger partial charge < -0.3 is 24.3 Å². The van der Waals surface area contributed by atoms with Gasteiger partial charge in [-0.25, -0.2) is 9.78 Å². The zero-order chi connectivity index (χ0) is 18.9. The molecule has 0 aliphatic carbocycles. The number of nitrogens with zero attached hydrogens (tertiary/aromatic N) is 3. The number of nitrogens with one attached hydrogen (secondary N) is 1. The molecular formula is C17H20N4O5. The summed E-state index contributed by atoms with van der Waals surface area (Å²) in [6.45, 7) is 2.48. The number of ether oxygens (including phenoxy) is 4. The molecule has 0 bridgehead atoms. The van der Waals surface area contributed by atoms with E-state index >= 15 is 0 Å². The molecule has 138 valence electrons. The molecule has 0 saturated carbocycles. The zero-order valence-corrected chi connectivity index (χ0v) is 15.0. The van der Waals surface area contributed by atoms with Crippen molar-refractivity contribution >= 4 is 11.8 Å². The van der Waals surface area contributed by atoms with Crippen molar-refractivity contribution in [3.8, 4) is 23.5 Å². The second-order valence-corrected chi connectivity index (χ2v) is 4.82. The molecule has 0 radical (unpaired) electrons. The lowest BCUT2D eigenvalue weighted by Gasteiger charge is -2.11. The van der Waals surface area contributed by atoms with Gasteiger partial charge in [0.1, 0.15) is 5.82 Å². The number of allylic oxidation sites excluding steroid dienone is 1.